The summed E-state index contributed by atoms with van der Waals surface area (Å²) in [4.78, 5) is 11.5. The van der Waals surface area contributed by atoms with Crippen LogP contribution in [0.25, 0.3) is 0 Å². The molecule has 0 bridgehead atoms. The number of rotatable bonds is 6. The van der Waals surface area contributed by atoms with E-state index < -0.39 is 5.97 Å². The Hall–Kier alpha value is -1.29. The largest absolute Gasteiger partial charge is 0.463 e. The molecule has 0 radical (unpaired) electrons. The van der Waals surface area contributed by atoms with Gasteiger partial charge in [0.1, 0.15) is 0 Å². The summed E-state index contributed by atoms with van der Waals surface area (Å²) in [7, 11) is 1.37. The third-order valence-electron chi connectivity index (χ3n) is 4.21. The van der Waals surface area contributed by atoms with Crippen molar-refractivity contribution in [3.05, 3.63) is 23.7 Å². The summed E-state index contributed by atoms with van der Waals surface area (Å²) in [5, 5.41) is 3.40. The third kappa shape index (κ3) is 4.10. The lowest BCUT2D eigenvalue weighted by molar-refractivity contribution is 0.0563. The third-order valence-corrected chi connectivity index (χ3v) is 4.21. The zero-order valence-corrected chi connectivity index (χ0v) is 12.5. The van der Waals surface area contributed by atoms with Gasteiger partial charge in [0.15, 0.2) is 0 Å². The van der Waals surface area contributed by atoms with Crippen LogP contribution in [0.1, 0.15) is 55.1 Å². The molecule has 4 nitrogen and oxygen atoms in total. The first-order chi connectivity index (χ1) is 9.70. The van der Waals surface area contributed by atoms with E-state index >= 15 is 0 Å². The summed E-state index contributed by atoms with van der Waals surface area (Å²) in [6, 6.07) is 1.82. The second-order valence-corrected chi connectivity index (χ2v) is 5.87. The maximum atomic E-state index is 11.5. The van der Waals surface area contributed by atoms with Gasteiger partial charge in [-0.05, 0) is 37.3 Å². The van der Waals surface area contributed by atoms with Crippen molar-refractivity contribution >= 4 is 5.97 Å². The minimum Gasteiger partial charge on any atom is -0.463 e. The first-order valence-corrected chi connectivity index (χ1v) is 7.56. The number of hydrogen-bond acceptors (Lipinski definition) is 4. The normalized spacial score (nSPS) is 22.7. The van der Waals surface area contributed by atoms with E-state index in [1.54, 1.807) is 0 Å². The molecule has 1 N–H and O–H groups in total. The number of nitrogens with one attached hydrogen (secondary N) is 1. The molecule has 1 aromatic rings. The van der Waals surface area contributed by atoms with E-state index in [1.807, 2.05) is 6.07 Å². The number of hydrogen-bond donors (Lipinski definition) is 1. The summed E-state index contributed by atoms with van der Waals surface area (Å²) in [5.41, 5.74) is 0.869. The van der Waals surface area contributed by atoms with Gasteiger partial charge in [0.05, 0.1) is 13.4 Å². The number of carbonyl (C=O) groups is 1. The molecule has 1 heterocycles. The molecule has 0 aromatic carbocycles. The average molecular weight is 279 g/mol. The van der Waals surface area contributed by atoms with E-state index in [-0.39, 0.29) is 0 Å². The van der Waals surface area contributed by atoms with Crippen molar-refractivity contribution in [1.29, 1.82) is 0 Å². The van der Waals surface area contributed by atoms with Crippen LogP contribution in [0, 0.1) is 11.8 Å². The SMILES string of the molecule is COC(=O)c1occc1CNCCC1CCCC(C)C1. The van der Waals surface area contributed by atoms with Crippen molar-refractivity contribution < 1.29 is 13.9 Å². The van der Waals surface area contributed by atoms with E-state index in [1.165, 1.54) is 45.5 Å². The highest BCUT2D eigenvalue weighted by Crippen LogP contribution is 2.30. The predicted molar refractivity (Wildman–Crippen MR) is 77.5 cm³/mol. The van der Waals surface area contributed by atoms with Gasteiger partial charge in [-0.25, -0.2) is 4.79 Å². The predicted octanol–water partition coefficient (Wildman–Crippen LogP) is 3.37. The Bertz CT molecular complexity index is 427. The molecule has 1 fully saturated rings. The first kappa shape index (κ1) is 15.1. The van der Waals surface area contributed by atoms with Gasteiger partial charge in [0.25, 0.3) is 0 Å². The molecule has 1 aliphatic carbocycles. The zero-order chi connectivity index (χ0) is 14.4. The van der Waals surface area contributed by atoms with Gasteiger partial charge in [-0.15, -0.1) is 0 Å². The van der Waals surface area contributed by atoms with Crippen molar-refractivity contribution in [2.24, 2.45) is 11.8 Å². The monoisotopic (exact) mass is 279 g/mol. The van der Waals surface area contributed by atoms with Gasteiger partial charge in [0.2, 0.25) is 5.76 Å². The van der Waals surface area contributed by atoms with E-state index in [0.29, 0.717) is 12.3 Å². The van der Waals surface area contributed by atoms with Crippen LogP contribution in [0.3, 0.4) is 0 Å². The molecule has 1 aliphatic rings. The van der Waals surface area contributed by atoms with Gasteiger partial charge in [-0.3, -0.25) is 0 Å². The standard InChI is InChI=1S/C16H25NO3/c1-12-4-3-5-13(10-12)6-8-17-11-14-7-9-20-15(14)16(18)19-2/h7,9,12-13,17H,3-6,8,10-11H2,1-2H3. The smallest absolute Gasteiger partial charge is 0.374 e. The maximum Gasteiger partial charge on any atom is 0.374 e. The number of methoxy groups -OCH3 is 1. The average Bonchev–Trinajstić information content (AvgIpc) is 2.91. The van der Waals surface area contributed by atoms with Crippen LogP contribution >= 0.6 is 0 Å². The number of furan rings is 1. The Kier molecular flexibility index (Phi) is 5.65. The Labute approximate surface area is 120 Å². The molecular weight excluding hydrogens is 254 g/mol. The van der Waals surface area contributed by atoms with Crippen LogP contribution in [-0.2, 0) is 11.3 Å². The fraction of sp³-hybridized carbons (Fsp3) is 0.688. The summed E-state index contributed by atoms with van der Waals surface area (Å²) in [6.07, 6.45) is 8.25. The molecular formula is C16H25NO3. The molecule has 2 atom stereocenters. The summed E-state index contributed by atoms with van der Waals surface area (Å²) in [5.74, 6) is 1.64. The minimum absolute atomic E-state index is 0.311. The Balaban J connectivity index is 1.71. The van der Waals surface area contributed by atoms with E-state index in [9.17, 15) is 4.79 Å². The number of esters is 1. The molecule has 20 heavy (non-hydrogen) atoms. The van der Waals surface area contributed by atoms with Crippen molar-refractivity contribution in [2.75, 3.05) is 13.7 Å². The molecule has 4 heteroatoms. The molecule has 112 valence electrons. The van der Waals surface area contributed by atoms with Gasteiger partial charge in [-0.1, -0.05) is 26.2 Å². The highest BCUT2D eigenvalue weighted by atomic mass is 16.5. The molecule has 0 spiro atoms. The van der Waals surface area contributed by atoms with E-state index in [4.69, 9.17) is 4.42 Å². The maximum absolute atomic E-state index is 11.5. The van der Waals surface area contributed by atoms with E-state index in [0.717, 1.165) is 23.9 Å². The molecule has 1 saturated carbocycles. The van der Waals surface area contributed by atoms with Crippen molar-refractivity contribution in [1.82, 2.24) is 5.32 Å². The molecule has 0 aliphatic heterocycles. The van der Waals surface area contributed by atoms with E-state index in [2.05, 4.69) is 17.0 Å². The fourth-order valence-corrected chi connectivity index (χ4v) is 3.10. The second-order valence-electron chi connectivity index (χ2n) is 5.87. The highest BCUT2D eigenvalue weighted by molar-refractivity contribution is 5.87. The van der Waals surface area contributed by atoms with Crippen LogP contribution in [-0.4, -0.2) is 19.6 Å². The van der Waals surface area contributed by atoms with Gasteiger partial charge < -0.3 is 14.5 Å². The van der Waals surface area contributed by atoms with Crippen LogP contribution < -0.4 is 5.32 Å². The van der Waals surface area contributed by atoms with Gasteiger partial charge in [-0.2, -0.15) is 0 Å². The Morgan fingerprint density at radius 1 is 1.50 bits per heavy atom. The Morgan fingerprint density at radius 2 is 2.35 bits per heavy atom. The highest BCUT2D eigenvalue weighted by Gasteiger charge is 2.19. The summed E-state index contributed by atoms with van der Waals surface area (Å²) >= 11 is 0. The summed E-state index contributed by atoms with van der Waals surface area (Å²) < 4.78 is 9.85. The number of carbonyl (C=O) groups excluding carboxylic acids is 1. The van der Waals surface area contributed by atoms with Crippen molar-refractivity contribution in [3.63, 3.8) is 0 Å². The Morgan fingerprint density at radius 3 is 3.10 bits per heavy atom. The molecule has 1 aromatic heterocycles. The van der Waals surface area contributed by atoms with Crippen LogP contribution in [0.4, 0.5) is 0 Å². The summed E-state index contributed by atoms with van der Waals surface area (Å²) in [6.45, 7) is 4.00. The molecule has 2 rings (SSSR count). The lowest BCUT2D eigenvalue weighted by atomic mass is 9.81. The van der Waals surface area contributed by atoms with Gasteiger partial charge >= 0.3 is 5.97 Å². The molecule has 0 saturated heterocycles. The topological polar surface area (TPSA) is 51.5 Å². The quantitative estimate of drug-likeness (QED) is 0.640. The minimum atomic E-state index is -0.409. The second kappa shape index (κ2) is 7.48. The van der Waals surface area contributed by atoms with Gasteiger partial charge in [0, 0.05) is 12.1 Å². The van der Waals surface area contributed by atoms with Crippen LogP contribution in [0.5, 0.6) is 0 Å². The van der Waals surface area contributed by atoms with Crippen LogP contribution in [0.15, 0.2) is 16.7 Å². The zero-order valence-electron chi connectivity index (χ0n) is 12.5. The van der Waals surface area contributed by atoms with Crippen molar-refractivity contribution in [3.8, 4) is 0 Å². The lowest BCUT2D eigenvalue weighted by Gasteiger charge is -2.26. The van der Waals surface area contributed by atoms with Crippen LogP contribution in [0.2, 0.25) is 0 Å². The number of ether oxygens (including phenoxy) is 1. The fourth-order valence-electron chi connectivity index (χ4n) is 3.10. The first-order valence-electron chi connectivity index (χ1n) is 7.56. The molecule has 2 unspecified atom stereocenters. The lowest BCUT2D eigenvalue weighted by Crippen LogP contribution is -2.21. The molecule has 0 amide bonds. The van der Waals surface area contributed by atoms with Crippen molar-refractivity contribution in [2.45, 2.75) is 45.6 Å².